The van der Waals surface area contributed by atoms with Crippen molar-refractivity contribution in [2.45, 2.75) is 53.1 Å². The summed E-state index contributed by atoms with van der Waals surface area (Å²) < 4.78 is 7.57. The molecule has 1 aliphatic rings. The molecule has 2 aromatic heterocycles. The molecule has 3 heterocycles. The Morgan fingerprint density at radius 2 is 2.14 bits per heavy atom. The minimum absolute atomic E-state index is 0.0124. The molecule has 0 unspecified atom stereocenters. The van der Waals surface area contributed by atoms with Crippen LogP contribution in [0.1, 0.15) is 59.0 Å². The zero-order chi connectivity index (χ0) is 15.9. The van der Waals surface area contributed by atoms with E-state index in [4.69, 9.17) is 4.52 Å². The molecule has 5 nitrogen and oxygen atoms in total. The summed E-state index contributed by atoms with van der Waals surface area (Å²) in [6, 6.07) is 3.95. The van der Waals surface area contributed by atoms with Crippen molar-refractivity contribution in [2.24, 2.45) is 0 Å². The maximum Gasteiger partial charge on any atom is 0.256 e. The van der Waals surface area contributed by atoms with Crippen LogP contribution in [-0.2, 0) is 6.54 Å². The molecule has 0 N–H and O–H groups in total. The highest BCUT2D eigenvalue weighted by Gasteiger charge is 2.34. The quantitative estimate of drug-likeness (QED) is 0.873. The predicted octanol–water partition coefficient (Wildman–Crippen LogP) is 3.40. The predicted molar refractivity (Wildman–Crippen MR) is 83.8 cm³/mol. The fraction of sp³-hybridized carbons (Fsp3) is 0.529. The molecule has 1 saturated heterocycles. The van der Waals surface area contributed by atoms with Crippen molar-refractivity contribution < 1.29 is 9.32 Å². The summed E-state index contributed by atoms with van der Waals surface area (Å²) in [6.07, 6.45) is 1.94. The minimum Gasteiger partial charge on any atom is -0.359 e. The van der Waals surface area contributed by atoms with Crippen molar-refractivity contribution in [2.75, 3.05) is 6.54 Å². The molecule has 0 aromatic carbocycles. The Balaban J connectivity index is 1.91. The smallest absolute Gasteiger partial charge is 0.256 e. The van der Waals surface area contributed by atoms with Gasteiger partial charge in [0.25, 0.3) is 5.91 Å². The number of likely N-dealkylation sites (tertiary alicyclic amines) is 1. The van der Waals surface area contributed by atoms with Gasteiger partial charge < -0.3 is 14.0 Å². The average molecular weight is 301 g/mol. The summed E-state index contributed by atoms with van der Waals surface area (Å²) >= 11 is 0. The van der Waals surface area contributed by atoms with Gasteiger partial charge in [-0.1, -0.05) is 5.16 Å². The van der Waals surface area contributed by atoms with Crippen LogP contribution in [0.2, 0.25) is 0 Å². The van der Waals surface area contributed by atoms with Gasteiger partial charge >= 0.3 is 0 Å². The molecule has 2 aromatic rings. The molecule has 0 aliphatic carbocycles. The van der Waals surface area contributed by atoms with Gasteiger partial charge in [0, 0.05) is 30.5 Å². The SMILES string of the molecule is CCn1c(C)cc(C(=O)N2CCC[C@H]2c2cc(C)no2)c1C. The second-order valence-corrected chi connectivity index (χ2v) is 6.06. The molecule has 0 spiro atoms. The molecule has 1 fully saturated rings. The number of hydrogen-bond donors (Lipinski definition) is 0. The standard InChI is InChI=1S/C17H23N3O2/c1-5-19-12(3)10-14(13(19)4)17(21)20-8-6-7-15(20)16-9-11(2)18-22-16/h9-10,15H,5-8H2,1-4H3/t15-/m0/s1. The number of carbonyl (C=O) groups is 1. The van der Waals surface area contributed by atoms with E-state index in [9.17, 15) is 4.79 Å². The van der Waals surface area contributed by atoms with E-state index < -0.39 is 0 Å². The van der Waals surface area contributed by atoms with Crippen LogP contribution in [-0.4, -0.2) is 27.1 Å². The van der Waals surface area contributed by atoms with Gasteiger partial charge in [0.15, 0.2) is 5.76 Å². The Bertz CT molecular complexity index is 699. The highest BCUT2D eigenvalue weighted by molar-refractivity contribution is 5.96. The highest BCUT2D eigenvalue weighted by atomic mass is 16.5. The highest BCUT2D eigenvalue weighted by Crippen LogP contribution is 2.34. The summed E-state index contributed by atoms with van der Waals surface area (Å²) in [7, 11) is 0. The molecular formula is C17H23N3O2. The Kier molecular flexibility index (Phi) is 3.81. The molecule has 5 heteroatoms. The van der Waals surface area contributed by atoms with Gasteiger partial charge in [0.1, 0.15) is 0 Å². The van der Waals surface area contributed by atoms with Gasteiger partial charge in [-0.15, -0.1) is 0 Å². The molecule has 0 saturated carbocycles. The molecule has 0 radical (unpaired) electrons. The van der Waals surface area contributed by atoms with Crippen LogP contribution in [0.3, 0.4) is 0 Å². The van der Waals surface area contributed by atoms with Gasteiger partial charge in [0.2, 0.25) is 0 Å². The molecule has 1 amide bonds. The largest absolute Gasteiger partial charge is 0.359 e. The molecule has 118 valence electrons. The van der Waals surface area contributed by atoms with Crippen LogP contribution in [0.15, 0.2) is 16.7 Å². The van der Waals surface area contributed by atoms with Crippen molar-refractivity contribution in [3.63, 3.8) is 0 Å². The lowest BCUT2D eigenvalue weighted by atomic mass is 10.1. The number of carbonyl (C=O) groups excluding carboxylic acids is 1. The van der Waals surface area contributed by atoms with Crippen LogP contribution in [0, 0.1) is 20.8 Å². The fourth-order valence-electron chi connectivity index (χ4n) is 3.50. The van der Waals surface area contributed by atoms with Gasteiger partial charge in [-0.25, -0.2) is 0 Å². The number of rotatable bonds is 3. The fourth-order valence-corrected chi connectivity index (χ4v) is 3.50. The molecular weight excluding hydrogens is 278 g/mol. The number of hydrogen-bond acceptors (Lipinski definition) is 3. The lowest BCUT2D eigenvalue weighted by Crippen LogP contribution is -2.30. The third kappa shape index (κ3) is 2.34. The Labute approximate surface area is 130 Å². The van der Waals surface area contributed by atoms with Crippen molar-refractivity contribution in [3.05, 3.63) is 40.5 Å². The summed E-state index contributed by atoms with van der Waals surface area (Å²) in [5.74, 6) is 0.900. The van der Waals surface area contributed by atoms with Gasteiger partial charge in [-0.2, -0.15) is 0 Å². The zero-order valence-electron chi connectivity index (χ0n) is 13.7. The van der Waals surface area contributed by atoms with Gasteiger partial charge in [-0.05, 0) is 46.6 Å². The van der Waals surface area contributed by atoms with E-state index >= 15 is 0 Å². The van der Waals surface area contributed by atoms with E-state index in [1.807, 2.05) is 30.9 Å². The Morgan fingerprint density at radius 1 is 1.36 bits per heavy atom. The monoisotopic (exact) mass is 301 g/mol. The first-order valence-electron chi connectivity index (χ1n) is 7.93. The van der Waals surface area contributed by atoms with Crippen molar-refractivity contribution in [1.82, 2.24) is 14.6 Å². The summed E-state index contributed by atoms with van der Waals surface area (Å²) in [5, 5.41) is 3.96. The second kappa shape index (κ2) is 5.63. The summed E-state index contributed by atoms with van der Waals surface area (Å²) in [5.41, 5.74) is 3.85. The van der Waals surface area contributed by atoms with Crippen LogP contribution >= 0.6 is 0 Å². The van der Waals surface area contributed by atoms with Gasteiger partial charge in [0.05, 0.1) is 17.3 Å². The first kappa shape index (κ1) is 14.9. The van der Waals surface area contributed by atoms with Crippen molar-refractivity contribution in [1.29, 1.82) is 0 Å². The number of aromatic nitrogens is 2. The molecule has 22 heavy (non-hydrogen) atoms. The molecule has 3 rings (SSSR count). The summed E-state index contributed by atoms with van der Waals surface area (Å²) in [4.78, 5) is 14.9. The maximum absolute atomic E-state index is 13.0. The lowest BCUT2D eigenvalue weighted by Gasteiger charge is -2.22. The maximum atomic E-state index is 13.0. The average Bonchev–Trinajstić information content (AvgIpc) is 3.17. The Morgan fingerprint density at radius 3 is 2.73 bits per heavy atom. The van der Waals surface area contributed by atoms with E-state index in [1.165, 1.54) is 0 Å². The lowest BCUT2D eigenvalue weighted by molar-refractivity contribution is 0.0713. The van der Waals surface area contributed by atoms with E-state index in [2.05, 4.69) is 23.6 Å². The van der Waals surface area contributed by atoms with Crippen LogP contribution in [0.25, 0.3) is 0 Å². The molecule has 1 aliphatic heterocycles. The van der Waals surface area contributed by atoms with Crippen molar-refractivity contribution >= 4 is 5.91 Å². The minimum atomic E-state index is 0.0124. The number of aryl methyl sites for hydroxylation is 2. The van der Waals surface area contributed by atoms with Crippen LogP contribution in [0.5, 0.6) is 0 Å². The molecule has 0 bridgehead atoms. The first-order valence-corrected chi connectivity index (χ1v) is 7.93. The van der Waals surface area contributed by atoms with Crippen LogP contribution in [0.4, 0.5) is 0 Å². The van der Waals surface area contributed by atoms with E-state index in [0.29, 0.717) is 0 Å². The third-order valence-corrected chi connectivity index (χ3v) is 4.61. The first-order chi connectivity index (χ1) is 10.5. The normalized spacial score (nSPS) is 18.2. The topological polar surface area (TPSA) is 51.3 Å². The van der Waals surface area contributed by atoms with E-state index in [-0.39, 0.29) is 11.9 Å². The summed E-state index contributed by atoms with van der Waals surface area (Å²) in [6.45, 7) is 9.74. The third-order valence-electron chi connectivity index (χ3n) is 4.61. The number of amides is 1. The van der Waals surface area contributed by atoms with E-state index in [0.717, 1.165) is 54.3 Å². The van der Waals surface area contributed by atoms with Crippen molar-refractivity contribution in [3.8, 4) is 0 Å². The second-order valence-electron chi connectivity index (χ2n) is 6.06. The van der Waals surface area contributed by atoms with E-state index in [1.54, 1.807) is 0 Å². The van der Waals surface area contributed by atoms with Crippen LogP contribution < -0.4 is 0 Å². The number of nitrogens with zero attached hydrogens (tertiary/aromatic N) is 3. The zero-order valence-corrected chi connectivity index (χ0v) is 13.7. The van der Waals surface area contributed by atoms with Gasteiger partial charge in [-0.3, -0.25) is 4.79 Å². The molecule has 1 atom stereocenters. The Hall–Kier alpha value is -2.04.